The molecule has 2 aliphatic rings. The van der Waals surface area contributed by atoms with Crippen LogP contribution < -0.4 is 10.2 Å². The van der Waals surface area contributed by atoms with Crippen molar-refractivity contribution >= 4 is 17.4 Å². The molecule has 0 aromatic carbocycles. The molecule has 0 spiro atoms. The van der Waals surface area contributed by atoms with Crippen molar-refractivity contribution in [3.8, 4) is 0 Å². The molecule has 1 N–H and O–H groups in total. The molecule has 1 saturated heterocycles. The van der Waals surface area contributed by atoms with Gasteiger partial charge in [-0.15, -0.1) is 0 Å². The Labute approximate surface area is 179 Å². The zero-order valence-electron chi connectivity index (χ0n) is 18.7. The van der Waals surface area contributed by atoms with E-state index in [1.807, 2.05) is 19.1 Å². The fraction of sp³-hybridized carbons (Fsp3) is 0.625. The van der Waals surface area contributed by atoms with Crippen LogP contribution in [-0.2, 0) is 0 Å². The molecule has 1 amide bonds. The summed E-state index contributed by atoms with van der Waals surface area (Å²) in [4.78, 5) is 19.9. The molecule has 1 unspecified atom stereocenters. The molecule has 2 fully saturated rings. The summed E-state index contributed by atoms with van der Waals surface area (Å²) in [6.07, 6.45) is 8.23. The molecule has 6 nitrogen and oxygen atoms in total. The van der Waals surface area contributed by atoms with Gasteiger partial charge in [0.1, 0.15) is 17.1 Å². The summed E-state index contributed by atoms with van der Waals surface area (Å²) in [6.45, 7) is 10.1. The number of aryl methyl sites for hydroxylation is 3. The van der Waals surface area contributed by atoms with Crippen molar-refractivity contribution in [1.29, 1.82) is 0 Å². The maximum absolute atomic E-state index is 12.6. The van der Waals surface area contributed by atoms with Gasteiger partial charge < -0.3 is 14.7 Å². The molecule has 1 aliphatic carbocycles. The van der Waals surface area contributed by atoms with Crippen LogP contribution in [0.1, 0.15) is 73.0 Å². The second kappa shape index (κ2) is 8.78. The van der Waals surface area contributed by atoms with Crippen LogP contribution in [0.25, 0.3) is 0 Å². The van der Waals surface area contributed by atoms with E-state index in [-0.39, 0.29) is 5.91 Å². The number of pyridine rings is 1. The number of aromatic nitrogens is 2. The minimum atomic E-state index is -0.201. The van der Waals surface area contributed by atoms with Crippen LogP contribution in [0.4, 0.5) is 11.5 Å². The zero-order valence-corrected chi connectivity index (χ0v) is 18.7. The first kappa shape index (κ1) is 20.9. The summed E-state index contributed by atoms with van der Waals surface area (Å²) in [6, 6.07) is 4.00. The van der Waals surface area contributed by atoms with E-state index in [2.05, 4.69) is 22.3 Å². The van der Waals surface area contributed by atoms with Crippen LogP contribution in [-0.4, -0.2) is 29.1 Å². The first-order valence-electron chi connectivity index (χ1n) is 11.4. The Balaban J connectivity index is 1.43. The molecular weight excluding hydrogens is 376 g/mol. The summed E-state index contributed by atoms with van der Waals surface area (Å²) >= 11 is 0. The van der Waals surface area contributed by atoms with Crippen molar-refractivity contribution in [2.75, 3.05) is 23.3 Å². The van der Waals surface area contributed by atoms with Gasteiger partial charge in [-0.05, 0) is 63.5 Å². The quantitative estimate of drug-likeness (QED) is 0.694. The molecule has 2 aromatic heterocycles. The molecule has 3 heterocycles. The van der Waals surface area contributed by atoms with Gasteiger partial charge in [0, 0.05) is 13.1 Å². The third kappa shape index (κ3) is 4.23. The van der Waals surface area contributed by atoms with Crippen molar-refractivity contribution in [2.45, 2.75) is 66.2 Å². The smallest absolute Gasteiger partial charge is 0.261 e. The average molecular weight is 411 g/mol. The number of amides is 1. The van der Waals surface area contributed by atoms with Crippen molar-refractivity contribution in [3.05, 3.63) is 34.8 Å². The van der Waals surface area contributed by atoms with Crippen molar-refractivity contribution in [3.63, 3.8) is 0 Å². The Kier molecular flexibility index (Phi) is 6.11. The summed E-state index contributed by atoms with van der Waals surface area (Å²) in [5, 5.41) is 6.83. The van der Waals surface area contributed by atoms with E-state index >= 15 is 0 Å². The minimum absolute atomic E-state index is 0.201. The second-order valence-electron chi connectivity index (χ2n) is 9.23. The average Bonchev–Trinajstić information content (AvgIpc) is 3.26. The number of rotatable bonds is 4. The topological polar surface area (TPSA) is 71.3 Å². The Bertz CT molecular complexity index is 887. The highest BCUT2D eigenvalue weighted by Crippen LogP contribution is 2.39. The van der Waals surface area contributed by atoms with E-state index in [1.54, 1.807) is 13.8 Å². The van der Waals surface area contributed by atoms with Crippen LogP contribution in [0, 0.1) is 38.5 Å². The van der Waals surface area contributed by atoms with Crippen LogP contribution in [0.2, 0.25) is 0 Å². The zero-order chi connectivity index (χ0) is 21.3. The molecule has 3 atom stereocenters. The van der Waals surface area contributed by atoms with Crippen LogP contribution in [0.3, 0.4) is 0 Å². The lowest BCUT2D eigenvalue weighted by atomic mass is 9.79. The van der Waals surface area contributed by atoms with Crippen LogP contribution in [0.15, 0.2) is 16.7 Å². The fourth-order valence-electron chi connectivity index (χ4n) is 5.41. The first-order valence-corrected chi connectivity index (χ1v) is 11.4. The van der Waals surface area contributed by atoms with Gasteiger partial charge in [0.05, 0.1) is 17.1 Å². The van der Waals surface area contributed by atoms with Crippen molar-refractivity contribution < 1.29 is 9.32 Å². The highest BCUT2D eigenvalue weighted by atomic mass is 16.5. The monoisotopic (exact) mass is 410 g/mol. The van der Waals surface area contributed by atoms with Gasteiger partial charge in [0.25, 0.3) is 5.91 Å². The number of nitrogens with zero attached hydrogens (tertiary/aromatic N) is 3. The number of hydrogen-bond donors (Lipinski definition) is 1. The predicted octanol–water partition coefficient (Wildman–Crippen LogP) is 5.29. The third-order valence-corrected chi connectivity index (χ3v) is 7.16. The Morgan fingerprint density at radius 1 is 1.10 bits per heavy atom. The van der Waals surface area contributed by atoms with Gasteiger partial charge in [-0.1, -0.05) is 37.8 Å². The first-order chi connectivity index (χ1) is 14.4. The maximum Gasteiger partial charge on any atom is 0.261 e. The molecule has 162 valence electrons. The number of hydrogen-bond acceptors (Lipinski definition) is 5. The van der Waals surface area contributed by atoms with Gasteiger partial charge in [-0.3, -0.25) is 4.79 Å². The van der Waals surface area contributed by atoms with E-state index < -0.39 is 0 Å². The normalized spacial score (nSPS) is 24.7. The van der Waals surface area contributed by atoms with Crippen molar-refractivity contribution in [2.24, 2.45) is 17.8 Å². The molecule has 0 bridgehead atoms. The van der Waals surface area contributed by atoms with E-state index in [9.17, 15) is 4.79 Å². The third-order valence-electron chi connectivity index (χ3n) is 7.16. The molecule has 6 heteroatoms. The van der Waals surface area contributed by atoms with E-state index in [0.29, 0.717) is 17.0 Å². The summed E-state index contributed by atoms with van der Waals surface area (Å²) < 4.78 is 5.11. The number of carbonyl (C=O) groups excluding carboxylic acids is 1. The highest BCUT2D eigenvalue weighted by Gasteiger charge is 2.33. The van der Waals surface area contributed by atoms with Gasteiger partial charge in [-0.2, -0.15) is 0 Å². The van der Waals surface area contributed by atoms with E-state index in [0.717, 1.165) is 48.0 Å². The molecule has 4 rings (SSSR count). The van der Waals surface area contributed by atoms with Gasteiger partial charge >= 0.3 is 0 Å². The van der Waals surface area contributed by atoms with Crippen LogP contribution >= 0.6 is 0 Å². The lowest BCUT2D eigenvalue weighted by Gasteiger charge is -2.28. The maximum atomic E-state index is 12.6. The lowest BCUT2D eigenvalue weighted by molar-refractivity contribution is 0.102. The predicted molar refractivity (Wildman–Crippen MR) is 119 cm³/mol. The van der Waals surface area contributed by atoms with Crippen LogP contribution in [0.5, 0.6) is 0 Å². The number of nitrogens with one attached hydrogen (secondary N) is 1. The van der Waals surface area contributed by atoms with E-state index in [1.165, 1.54) is 38.5 Å². The Morgan fingerprint density at radius 2 is 1.90 bits per heavy atom. The number of carbonyl (C=O) groups is 1. The SMILES string of the molecule is Cc1nc(N2CC[C@@H](C3CCCCC[C@@H]3C)C2)ccc1NC(=O)c1c(C)noc1C. The lowest BCUT2D eigenvalue weighted by Crippen LogP contribution is -2.26. The molecule has 2 aromatic rings. The van der Waals surface area contributed by atoms with Crippen molar-refractivity contribution in [1.82, 2.24) is 10.1 Å². The fourth-order valence-corrected chi connectivity index (χ4v) is 5.41. The summed E-state index contributed by atoms with van der Waals surface area (Å²) in [7, 11) is 0. The molecular formula is C24H34N4O2. The largest absolute Gasteiger partial charge is 0.361 e. The second-order valence-corrected chi connectivity index (χ2v) is 9.23. The highest BCUT2D eigenvalue weighted by molar-refractivity contribution is 6.05. The minimum Gasteiger partial charge on any atom is -0.361 e. The molecule has 1 aliphatic heterocycles. The van der Waals surface area contributed by atoms with Gasteiger partial charge in [0.15, 0.2) is 0 Å². The summed E-state index contributed by atoms with van der Waals surface area (Å²) in [5.41, 5.74) is 2.66. The van der Waals surface area contributed by atoms with E-state index in [4.69, 9.17) is 9.51 Å². The Morgan fingerprint density at radius 3 is 2.63 bits per heavy atom. The number of anilines is 2. The molecule has 30 heavy (non-hydrogen) atoms. The molecule has 1 saturated carbocycles. The van der Waals surface area contributed by atoms with Gasteiger partial charge in [-0.25, -0.2) is 4.98 Å². The Hall–Kier alpha value is -2.37. The molecule has 0 radical (unpaired) electrons. The standard InChI is InChI=1S/C24H34N4O2/c1-15-8-6-5-7-9-20(15)19-12-13-28(14-19)22-11-10-21(16(2)25-22)26-24(29)23-17(3)27-30-18(23)4/h10-11,15,19-20H,5-9,12-14H2,1-4H3,(H,26,29)/t15-,19+,20?/m0/s1. The van der Waals surface area contributed by atoms with Gasteiger partial charge in [0.2, 0.25) is 0 Å². The summed E-state index contributed by atoms with van der Waals surface area (Å²) in [5.74, 6) is 3.82.